The van der Waals surface area contributed by atoms with Gasteiger partial charge in [-0.25, -0.2) is 0 Å². The number of aryl methyl sites for hydroxylation is 2. The highest BCUT2D eigenvalue weighted by molar-refractivity contribution is 9.10. The molecule has 0 aromatic carbocycles. The summed E-state index contributed by atoms with van der Waals surface area (Å²) in [4.78, 5) is 21.8. The lowest BCUT2D eigenvalue weighted by molar-refractivity contribution is -0.137. The molecule has 0 unspecified atom stereocenters. The van der Waals surface area contributed by atoms with Crippen LogP contribution in [0.15, 0.2) is 21.5 Å². The summed E-state index contributed by atoms with van der Waals surface area (Å²) in [5, 5.41) is 8.46. The van der Waals surface area contributed by atoms with Gasteiger partial charge in [0, 0.05) is 29.7 Å². The van der Waals surface area contributed by atoms with Crippen LogP contribution in [-0.2, 0) is 11.3 Å². The van der Waals surface area contributed by atoms with E-state index in [0.717, 1.165) is 10.0 Å². The molecule has 0 spiro atoms. The van der Waals surface area contributed by atoms with Crippen molar-refractivity contribution in [3.05, 3.63) is 32.7 Å². The highest BCUT2D eigenvalue weighted by atomic mass is 79.9. The quantitative estimate of drug-likeness (QED) is 0.910. The summed E-state index contributed by atoms with van der Waals surface area (Å²) in [5.74, 6) is -0.839. The van der Waals surface area contributed by atoms with Crippen LogP contribution in [-0.4, -0.2) is 15.6 Å². The largest absolute Gasteiger partial charge is 0.481 e. The summed E-state index contributed by atoms with van der Waals surface area (Å²) < 4.78 is 2.37. The molecule has 1 aromatic rings. The van der Waals surface area contributed by atoms with Crippen molar-refractivity contribution in [3.63, 3.8) is 0 Å². The summed E-state index contributed by atoms with van der Waals surface area (Å²) in [6, 6.07) is 1.53. The first-order chi connectivity index (χ1) is 7.00. The van der Waals surface area contributed by atoms with Crippen molar-refractivity contribution in [2.45, 2.75) is 26.3 Å². The summed E-state index contributed by atoms with van der Waals surface area (Å²) in [5.41, 5.74) is 0.788. The third-order valence-corrected chi connectivity index (χ3v) is 2.89. The maximum absolute atomic E-state index is 11.5. The van der Waals surface area contributed by atoms with E-state index in [1.54, 1.807) is 6.20 Å². The SMILES string of the molecule is Cc1cc(=O)n(CCCC(=O)O)cc1Br. The molecule has 1 N–H and O–H groups in total. The highest BCUT2D eigenvalue weighted by Gasteiger charge is 2.02. The zero-order valence-electron chi connectivity index (χ0n) is 8.36. The molecule has 0 fully saturated rings. The fraction of sp³-hybridized carbons (Fsp3) is 0.400. The first-order valence-electron chi connectivity index (χ1n) is 4.59. The van der Waals surface area contributed by atoms with Crippen LogP contribution in [0.1, 0.15) is 18.4 Å². The maximum atomic E-state index is 11.5. The summed E-state index contributed by atoms with van der Waals surface area (Å²) in [7, 11) is 0. The smallest absolute Gasteiger partial charge is 0.303 e. The third-order valence-electron chi connectivity index (χ3n) is 2.06. The Hall–Kier alpha value is -1.10. The maximum Gasteiger partial charge on any atom is 0.303 e. The second kappa shape index (κ2) is 5.11. The van der Waals surface area contributed by atoms with Crippen molar-refractivity contribution in [2.24, 2.45) is 0 Å². The molecule has 1 heterocycles. The lowest BCUT2D eigenvalue weighted by Gasteiger charge is -2.06. The van der Waals surface area contributed by atoms with Crippen LogP contribution in [0.5, 0.6) is 0 Å². The van der Waals surface area contributed by atoms with Crippen LogP contribution < -0.4 is 5.56 Å². The molecule has 0 aliphatic heterocycles. The number of carboxylic acid groups (broad SMARTS) is 1. The fourth-order valence-corrected chi connectivity index (χ4v) is 1.58. The van der Waals surface area contributed by atoms with Gasteiger partial charge in [-0.15, -0.1) is 0 Å². The zero-order chi connectivity index (χ0) is 11.4. The highest BCUT2D eigenvalue weighted by Crippen LogP contribution is 2.12. The molecule has 0 saturated carbocycles. The molecular formula is C10H12BrNO3. The number of hydrogen-bond acceptors (Lipinski definition) is 2. The van der Waals surface area contributed by atoms with E-state index in [9.17, 15) is 9.59 Å². The zero-order valence-corrected chi connectivity index (χ0v) is 9.95. The van der Waals surface area contributed by atoms with Crippen molar-refractivity contribution >= 4 is 21.9 Å². The van der Waals surface area contributed by atoms with E-state index < -0.39 is 5.97 Å². The average molecular weight is 274 g/mol. The molecule has 0 atom stereocenters. The van der Waals surface area contributed by atoms with E-state index in [4.69, 9.17) is 5.11 Å². The number of hydrogen-bond donors (Lipinski definition) is 1. The predicted octanol–water partition coefficient (Wildman–Crippen LogP) is 1.78. The first-order valence-corrected chi connectivity index (χ1v) is 5.38. The normalized spacial score (nSPS) is 10.3. The number of carboxylic acids is 1. The minimum atomic E-state index is -0.839. The Labute approximate surface area is 95.7 Å². The van der Waals surface area contributed by atoms with Gasteiger partial charge in [0.2, 0.25) is 0 Å². The van der Waals surface area contributed by atoms with Crippen LogP contribution in [0, 0.1) is 6.92 Å². The van der Waals surface area contributed by atoms with Gasteiger partial charge < -0.3 is 9.67 Å². The number of rotatable bonds is 4. The Bertz CT molecular complexity index is 425. The Morgan fingerprint density at radius 3 is 2.87 bits per heavy atom. The topological polar surface area (TPSA) is 59.3 Å². The number of pyridine rings is 1. The van der Waals surface area contributed by atoms with Gasteiger partial charge in [0.05, 0.1) is 0 Å². The van der Waals surface area contributed by atoms with E-state index in [-0.39, 0.29) is 12.0 Å². The van der Waals surface area contributed by atoms with E-state index in [2.05, 4.69) is 15.9 Å². The van der Waals surface area contributed by atoms with Crippen LogP contribution in [0.3, 0.4) is 0 Å². The number of carbonyl (C=O) groups is 1. The molecular weight excluding hydrogens is 262 g/mol. The molecule has 0 aliphatic rings. The molecule has 0 saturated heterocycles. The van der Waals surface area contributed by atoms with Gasteiger partial charge >= 0.3 is 5.97 Å². The van der Waals surface area contributed by atoms with Crippen LogP contribution in [0.2, 0.25) is 0 Å². The molecule has 1 rings (SSSR count). The first kappa shape index (κ1) is 12.0. The predicted molar refractivity (Wildman–Crippen MR) is 60.0 cm³/mol. The van der Waals surface area contributed by atoms with Crippen molar-refractivity contribution < 1.29 is 9.90 Å². The van der Waals surface area contributed by atoms with Crippen molar-refractivity contribution in [2.75, 3.05) is 0 Å². The summed E-state index contributed by atoms with van der Waals surface area (Å²) in [6.07, 6.45) is 2.24. The van der Waals surface area contributed by atoms with E-state index >= 15 is 0 Å². The van der Waals surface area contributed by atoms with Gasteiger partial charge in [0.15, 0.2) is 0 Å². The monoisotopic (exact) mass is 273 g/mol. The number of nitrogens with zero attached hydrogens (tertiary/aromatic N) is 1. The molecule has 0 aliphatic carbocycles. The van der Waals surface area contributed by atoms with Gasteiger partial charge in [0.25, 0.3) is 5.56 Å². The standard InChI is InChI=1S/C10H12BrNO3/c1-7-5-9(13)12(6-8(7)11)4-2-3-10(14)15/h5-6H,2-4H2,1H3,(H,14,15). The Balaban J connectivity index is 2.73. The van der Waals surface area contributed by atoms with E-state index in [1.807, 2.05) is 6.92 Å². The summed E-state index contributed by atoms with van der Waals surface area (Å²) >= 11 is 3.33. The molecule has 82 valence electrons. The van der Waals surface area contributed by atoms with Crippen molar-refractivity contribution in [1.29, 1.82) is 0 Å². The second-order valence-corrected chi connectivity index (χ2v) is 4.19. The number of aliphatic carboxylic acids is 1. The lowest BCUT2D eigenvalue weighted by Crippen LogP contribution is -2.19. The molecule has 15 heavy (non-hydrogen) atoms. The van der Waals surface area contributed by atoms with Crippen LogP contribution >= 0.6 is 15.9 Å². The van der Waals surface area contributed by atoms with Gasteiger partial charge in [-0.1, -0.05) is 0 Å². The van der Waals surface area contributed by atoms with Gasteiger partial charge in [-0.05, 0) is 34.8 Å². The lowest BCUT2D eigenvalue weighted by atomic mass is 10.3. The Morgan fingerprint density at radius 1 is 1.60 bits per heavy atom. The van der Waals surface area contributed by atoms with E-state index in [1.165, 1.54) is 10.6 Å². The molecule has 5 heteroatoms. The molecule has 1 aromatic heterocycles. The molecule has 0 radical (unpaired) electrons. The van der Waals surface area contributed by atoms with Crippen molar-refractivity contribution in [3.8, 4) is 0 Å². The Morgan fingerprint density at radius 2 is 2.27 bits per heavy atom. The average Bonchev–Trinajstić information content (AvgIpc) is 2.13. The third kappa shape index (κ3) is 3.51. The molecule has 0 amide bonds. The van der Waals surface area contributed by atoms with E-state index in [0.29, 0.717) is 13.0 Å². The van der Waals surface area contributed by atoms with Gasteiger partial charge in [0.1, 0.15) is 0 Å². The van der Waals surface area contributed by atoms with Crippen LogP contribution in [0.4, 0.5) is 0 Å². The Kier molecular flexibility index (Phi) is 4.08. The van der Waals surface area contributed by atoms with Crippen molar-refractivity contribution in [1.82, 2.24) is 4.57 Å². The summed E-state index contributed by atoms with van der Waals surface area (Å²) in [6.45, 7) is 2.27. The number of halogens is 1. The molecule has 4 nitrogen and oxygen atoms in total. The fourth-order valence-electron chi connectivity index (χ4n) is 1.21. The molecule has 0 bridgehead atoms. The number of aromatic nitrogens is 1. The van der Waals surface area contributed by atoms with Gasteiger partial charge in [-0.2, -0.15) is 0 Å². The van der Waals surface area contributed by atoms with Gasteiger partial charge in [-0.3, -0.25) is 9.59 Å². The minimum Gasteiger partial charge on any atom is -0.481 e. The second-order valence-electron chi connectivity index (χ2n) is 3.33. The van der Waals surface area contributed by atoms with Crippen LogP contribution in [0.25, 0.3) is 0 Å². The minimum absolute atomic E-state index is 0.0813.